The fourth-order valence-corrected chi connectivity index (χ4v) is 2.51. The molecule has 0 amide bonds. The largest absolute Gasteiger partial charge is 0.493 e. The summed E-state index contributed by atoms with van der Waals surface area (Å²) in [5.74, 6) is 0.975. The topological polar surface area (TPSA) is 35.2 Å². The maximum Gasteiger partial charge on any atom is 0.125 e. The molecule has 1 heterocycles. The fourth-order valence-electron chi connectivity index (χ4n) is 1.76. The van der Waals surface area contributed by atoms with Crippen molar-refractivity contribution in [1.82, 2.24) is 0 Å². The molecule has 0 unspecified atom stereocenters. The van der Waals surface area contributed by atoms with E-state index in [-0.39, 0.29) is 6.04 Å². The maximum absolute atomic E-state index is 6.01. The van der Waals surface area contributed by atoms with E-state index in [9.17, 15) is 0 Å². The SMILES string of the molecule is Cc1cc(I)cc2c1[C@@H](N)CCO2. The van der Waals surface area contributed by atoms with Crippen LogP contribution in [0.1, 0.15) is 23.6 Å². The molecule has 1 aliphatic heterocycles. The van der Waals surface area contributed by atoms with Crippen molar-refractivity contribution in [2.24, 2.45) is 5.73 Å². The average molecular weight is 289 g/mol. The van der Waals surface area contributed by atoms with Crippen molar-refractivity contribution < 1.29 is 4.74 Å². The van der Waals surface area contributed by atoms with Crippen LogP contribution in [0, 0.1) is 10.5 Å². The summed E-state index contributed by atoms with van der Waals surface area (Å²) in [4.78, 5) is 0. The molecule has 0 radical (unpaired) electrons. The Kier molecular flexibility index (Phi) is 2.47. The minimum absolute atomic E-state index is 0.153. The summed E-state index contributed by atoms with van der Waals surface area (Å²) in [5, 5.41) is 0. The predicted octanol–water partition coefficient (Wildman–Crippen LogP) is 2.38. The van der Waals surface area contributed by atoms with Crippen molar-refractivity contribution in [3.8, 4) is 5.75 Å². The molecule has 2 rings (SSSR count). The van der Waals surface area contributed by atoms with Crippen LogP contribution in [-0.4, -0.2) is 6.61 Å². The highest BCUT2D eigenvalue weighted by Crippen LogP contribution is 2.34. The van der Waals surface area contributed by atoms with Crippen molar-refractivity contribution in [3.63, 3.8) is 0 Å². The van der Waals surface area contributed by atoms with E-state index in [0.29, 0.717) is 0 Å². The van der Waals surface area contributed by atoms with Gasteiger partial charge in [0.2, 0.25) is 0 Å². The number of hydrogen-bond acceptors (Lipinski definition) is 2. The highest BCUT2D eigenvalue weighted by Gasteiger charge is 2.20. The Hall–Kier alpha value is -0.290. The van der Waals surface area contributed by atoms with E-state index in [1.54, 1.807) is 0 Å². The second-order valence-electron chi connectivity index (χ2n) is 3.38. The molecule has 0 saturated carbocycles. The third-order valence-electron chi connectivity index (χ3n) is 2.37. The fraction of sp³-hybridized carbons (Fsp3) is 0.400. The summed E-state index contributed by atoms with van der Waals surface area (Å²) in [5.41, 5.74) is 8.45. The highest BCUT2D eigenvalue weighted by atomic mass is 127. The lowest BCUT2D eigenvalue weighted by Gasteiger charge is -2.24. The van der Waals surface area contributed by atoms with Gasteiger partial charge in [0, 0.05) is 21.6 Å². The molecule has 70 valence electrons. The zero-order valence-electron chi connectivity index (χ0n) is 7.51. The lowest BCUT2D eigenvalue weighted by Crippen LogP contribution is -2.21. The van der Waals surface area contributed by atoms with E-state index in [1.807, 2.05) is 0 Å². The van der Waals surface area contributed by atoms with E-state index in [4.69, 9.17) is 10.5 Å². The first-order chi connectivity index (χ1) is 6.18. The first-order valence-electron chi connectivity index (χ1n) is 4.37. The molecule has 13 heavy (non-hydrogen) atoms. The van der Waals surface area contributed by atoms with Crippen LogP contribution in [0.15, 0.2) is 12.1 Å². The van der Waals surface area contributed by atoms with Crippen LogP contribution < -0.4 is 10.5 Å². The third-order valence-corrected chi connectivity index (χ3v) is 2.99. The smallest absolute Gasteiger partial charge is 0.125 e. The molecule has 1 atom stereocenters. The maximum atomic E-state index is 6.01. The lowest BCUT2D eigenvalue weighted by atomic mass is 9.97. The Bertz CT molecular complexity index is 338. The molecule has 3 heteroatoms. The van der Waals surface area contributed by atoms with Gasteiger partial charge < -0.3 is 10.5 Å². The number of hydrogen-bond donors (Lipinski definition) is 1. The standard InChI is InChI=1S/C10H12INO/c1-6-4-7(11)5-9-10(6)8(12)2-3-13-9/h4-5,8H,2-3,12H2,1H3/t8-/m0/s1. The molecular formula is C10H12INO. The van der Waals surface area contributed by atoms with Gasteiger partial charge >= 0.3 is 0 Å². The van der Waals surface area contributed by atoms with Gasteiger partial charge in [-0.1, -0.05) is 0 Å². The zero-order valence-corrected chi connectivity index (χ0v) is 9.67. The van der Waals surface area contributed by atoms with Crippen molar-refractivity contribution >= 4 is 22.6 Å². The minimum atomic E-state index is 0.153. The number of aryl methyl sites for hydroxylation is 1. The van der Waals surface area contributed by atoms with Crippen LogP contribution in [0.5, 0.6) is 5.75 Å². The Balaban J connectivity index is 2.56. The number of halogens is 1. The van der Waals surface area contributed by atoms with E-state index in [2.05, 4.69) is 41.6 Å². The zero-order chi connectivity index (χ0) is 9.42. The van der Waals surface area contributed by atoms with Gasteiger partial charge in [0.1, 0.15) is 5.75 Å². The molecule has 1 aromatic rings. The summed E-state index contributed by atoms with van der Waals surface area (Å²) in [7, 11) is 0. The predicted molar refractivity (Wildman–Crippen MR) is 60.9 cm³/mol. The molecule has 0 aromatic heterocycles. The van der Waals surface area contributed by atoms with E-state index < -0.39 is 0 Å². The molecule has 0 aliphatic carbocycles. The van der Waals surface area contributed by atoms with Gasteiger partial charge in [0.15, 0.2) is 0 Å². The van der Waals surface area contributed by atoms with E-state index >= 15 is 0 Å². The van der Waals surface area contributed by atoms with Crippen LogP contribution >= 0.6 is 22.6 Å². The Labute approximate surface area is 91.6 Å². The van der Waals surface area contributed by atoms with Crippen LogP contribution in [0.3, 0.4) is 0 Å². The van der Waals surface area contributed by atoms with Gasteiger partial charge in [0.05, 0.1) is 6.61 Å². The Morgan fingerprint density at radius 2 is 2.31 bits per heavy atom. The average Bonchev–Trinajstić information content (AvgIpc) is 2.02. The first kappa shape index (κ1) is 9.27. The van der Waals surface area contributed by atoms with Gasteiger partial charge in [-0.3, -0.25) is 0 Å². The summed E-state index contributed by atoms with van der Waals surface area (Å²) in [6.45, 7) is 2.84. The summed E-state index contributed by atoms with van der Waals surface area (Å²) < 4.78 is 6.78. The summed E-state index contributed by atoms with van der Waals surface area (Å²) in [6.07, 6.45) is 0.925. The number of fused-ring (bicyclic) bond motifs is 1. The Morgan fingerprint density at radius 1 is 1.54 bits per heavy atom. The van der Waals surface area contributed by atoms with Gasteiger partial charge in [0.25, 0.3) is 0 Å². The van der Waals surface area contributed by atoms with Crippen LogP contribution in [-0.2, 0) is 0 Å². The van der Waals surface area contributed by atoms with Crippen LogP contribution in [0.4, 0.5) is 0 Å². The van der Waals surface area contributed by atoms with Crippen molar-refractivity contribution in [2.75, 3.05) is 6.61 Å². The van der Waals surface area contributed by atoms with Gasteiger partial charge in [-0.25, -0.2) is 0 Å². The molecule has 2 N–H and O–H groups in total. The molecule has 0 bridgehead atoms. The lowest BCUT2D eigenvalue weighted by molar-refractivity contribution is 0.268. The number of ether oxygens (including phenoxy) is 1. The molecular weight excluding hydrogens is 277 g/mol. The van der Waals surface area contributed by atoms with Crippen LogP contribution in [0.25, 0.3) is 0 Å². The number of benzene rings is 1. The first-order valence-corrected chi connectivity index (χ1v) is 5.45. The second kappa shape index (κ2) is 3.46. The highest BCUT2D eigenvalue weighted by molar-refractivity contribution is 14.1. The molecule has 0 fully saturated rings. The van der Waals surface area contributed by atoms with Crippen molar-refractivity contribution in [2.45, 2.75) is 19.4 Å². The van der Waals surface area contributed by atoms with Gasteiger partial charge in [-0.2, -0.15) is 0 Å². The quantitative estimate of drug-likeness (QED) is 0.744. The molecule has 2 nitrogen and oxygen atoms in total. The Morgan fingerprint density at radius 3 is 3.08 bits per heavy atom. The third kappa shape index (κ3) is 1.67. The molecule has 0 saturated heterocycles. The normalized spacial score (nSPS) is 20.7. The molecule has 1 aliphatic rings. The van der Waals surface area contributed by atoms with Gasteiger partial charge in [-0.15, -0.1) is 0 Å². The number of nitrogens with two attached hydrogens (primary N) is 1. The van der Waals surface area contributed by atoms with E-state index in [1.165, 1.54) is 14.7 Å². The number of rotatable bonds is 0. The van der Waals surface area contributed by atoms with E-state index in [0.717, 1.165) is 18.8 Å². The molecule has 0 spiro atoms. The molecule has 1 aromatic carbocycles. The van der Waals surface area contributed by atoms with Crippen molar-refractivity contribution in [3.05, 3.63) is 26.8 Å². The second-order valence-corrected chi connectivity index (χ2v) is 4.62. The van der Waals surface area contributed by atoms with Crippen LogP contribution in [0.2, 0.25) is 0 Å². The van der Waals surface area contributed by atoms with Gasteiger partial charge in [-0.05, 0) is 47.2 Å². The summed E-state index contributed by atoms with van der Waals surface area (Å²) >= 11 is 2.30. The monoisotopic (exact) mass is 289 g/mol. The summed E-state index contributed by atoms with van der Waals surface area (Å²) in [6, 6.07) is 4.36. The van der Waals surface area contributed by atoms with Crippen molar-refractivity contribution in [1.29, 1.82) is 0 Å². The minimum Gasteiger partial charge on any atom is -0.493 e.